The smallest absolute Gasteiger partial charge is 0.138 e. The van der Waals surface area contributed by atoms with Crippen LogP contribution < -0.4 is 0 Å². The molecule has 0 atom stereocenters. The molecule has 0 fully saturated rings. The molecule has 13 aromatic rings. The third-order valence-electron chi connectivity index (χ3n) is 13.6. The summed E-state index contributed by atoms with van der Waals surface area (Å²) < 4.78 is 4.68. The summed E-state index contributed by atoms with van der Waals surface area (Å²) in [5, 5.41) is 4.87. The van der Waals surface area contributed by atoms with Gasteiger partial charge in [-0.3, -0.25) is 4.57 Å². The minimum atomic E-state index is 0.899. The molecular formula is C65H43N3. The molecule has 0 aliphatic rings. The molecule has 0 unspecified atom stereocenters. The molecule has 0 radical (unpaired) electrons. The van der Waals surface area contributed by atoms with Crippen molar-refractivity contribution >= 4 is 43.6 Å². The normalized spacial score (nSPS) is 11.5. The maximum atomic E-state index is 5.21. The standard InChI is InChI=1S/C65H43N3/c1-3-20-44(21-4-1)60-34-19-37-65(66-60)68-62-36-18-16-33-57(62)59-43-46(39-41-64(59)68)49-25-8-10-27-51(49)53-29-12-14-31-55(53)54-30-13-11-28-52(54)50-26-9-7-24-48(50)45-38-40-63-58(42-45)56-32-15-17-35-61(56)67(63)47-22-5-2-6-23-47/h1-43H. The Morgan fingerprint density at radius 1 is 0.235 bits per heavy atom. The van der Waals surface area contributed by atoms with Crippen molar-refractivity contribution in [1.82, 2.24) is 14.1 Å². The van der Waals surface area contributed by atoms with Crippen LogP contribution in [0.1, 0.15) is 0 Å². The maximum absolute atomic E-state index is 5.21. The highest BCUT2D eigenvalue weighted by Crippen LogP contribution is 2.45. The summed E-state index contributed by atoms with van der Waals surface area (Å²) in [6, 6.07) is 94.3. The highest BCUT2D eigenvalue weighted by atomic mass is 15.1. The van der Waals surface area contributed by atoms with Crippen molar-refractivity contribution in [3.05, 3.63) is 261 Å². The molecule has 318 valence electrons. The molecule has 3 heterocycles. The van der Waals surface area contributed by atoms with Crippen LogP contribution in [0.4, 0.5) is 0 Å². The van der Waals surface area contributed by atoms with Gasteiger partial charge in [-0.1, -0.05) is 200 Å². The Bertz CT molecular complexity index is 4030. The average Bonchev–Trinajstić information content (AvgIpc) is 3.94. The van der Waals surface area contributed by atoms with Gasteiger partial charge in [0.1, 0.15) is 5.82 Å². The zero-order valence-electron chi connectivity index (χ0n) is 37.2. The number of para-hydroxylation sites is 3. The maximum Gasteiger partial charge on any atom is 0.138 e. The van der Waals surface area contributed by atoms with Crippen molar-refractivity contribution in [1.29, 1.82) is 0 Å². The van der Waals surface area contributed by atoms with E-state index in [1.165, 1.54) is 88.2 Å². The van der Waals surface area contributed by atoms with E-state index in [-0.39, 0.29) is 0 Å². The lowest BCUT2D eigenvalue weighted by molar-refractivity contribution is 1.08. The van der Waals surface area contributed by atoms with E-state index in [0.717, 1.165) is 33.8 Å². The number of benzene rings is 10. The predicted octanol–water partition coefficient (Wildman–Crippen LogP) is 17.3. The third-order valence-corrected chi connectivity index (χ3v) is 13.6. The number of aromatic nitrogens is 3. The number of hydrogen-bond acceptors (Lipinski definition) is 1. The van der Waals surface area contributed by atoms with Crippen molar-refractivity contribution in [3.63, 3.8) is 0 Å². The molecule has 0 N–H and O–H groups in total. The Morgan fingerprint density at radius 3 is 1.13 bits per heavy atom. The number of fused-ring (bicyclic) bond motifs is 6. The highest BCUT2D eigenvalue weighted by molar-refractivity contribution is 6.12. The fourth-order valence-electron chi connectivity index (χ4n) is 10.5. The molecule has 0 aliphatic heterocycles. The van der Waals surface area contributed by atoms with Gasteiger partial charge in [-0.25, -0.2) is 4.98 Å². The van der Waals surface area contributed by atoms with Crippen molar-refractivity contribution in [3.8, 4) is 78.4 Å². The predicted molar refractivity (Wildman–Crippen MR) is 286 cm³/mol. The van der Waals surface area contributed by atoms with E-state index in [1.807, 2.05) is 6.07 Å². The summed E-state index contributed by atoms with van der Waals surface area (Å²) >= 11 is 0. The summed E-state index contributed by atoms with van der Waals surface area (Å²) in [6.07, 6.45) is 0. The van der Waals surface area contributed by atoms with Crippen molar-refractivity contribution in [2.45, 2.75) is 0 Å². The van der Waals surface area contributed by atoms with Crippen LogP contribution in [0.3, 0.4) is 0 Å². The van der Waals surface area contributed by atoms with Gasteiger partial charge in [0, 0.05) is 32.8 Å². The van der Waals surface area contributed by atoms with Crippen LogP contribution in [0, 0.1) is 0 Å². The molecule has 3 heteroatoms. The average molecular weight is 866 g/mol. The van der Waals surface area contributed by atoms with E-state index in [2.05, 4.69) is 264 Å². The van der Waals surface area contributed by atoms with Gasteiger partial charge in [0.25, 0.3) is 0 Å². The summed E-state index contributed by atoms with van der Waals surface area (Å²) in [4.78, 5) is 5.21. The number of rotatable bonds is 8. The van der Waals surface area contributed by atoms with Gasteiger partial charge in [0.2, 0.25) is 0 Å². The Balaban J connectivity index is 0.926. The zero-order valence-corrected chi connectivity index (χ0v) is 37.2. The third kappa shape index (κ3) is 6.55. The van der Waals surface area contributed by atoms with Crippen molar-refractivity contribution in [2.24, 2.45) is 0 Å². The number of hydrogen-bond donors (Lipinski definition) is 0. The van der Waals surface area contributed by atoms with Gasteiger partial charge in [0.05, 0.1) is 27.8 Å². The van der Waals surface area contributed by atoms with E-state index in [9.17, 15) is 0 Å². The minimum absolute atomic E-state index is 0.899. The summed E-state index contributed by atoms with van der Waals surface area (Å²) in [6.45, 7) is 0. The second-order valence-electron chi connectivity index (χ2n) is 17.4. The molecule has 13 rings (SSSR count). The first-order chi connectivity index (χ1) is 33.8. The van der Waals surface area contributed by atoms with Crippen LogP contribution in [-0.4, -0.2) is 14.1 Å². The van der Waals surface area contributed by atoms with Gasteiger partial charge >= 0.3 is 0 Å². The molecule has 0 saturated heterocycles. The lowest BCUT2D eigenvalue weighted by atomic mass is 9.85. The van der Waals surface area contributed by atoms with Crippen LogP contribution in [0.15, 0.2) is 261 Å². The van der Waals surface area contributed by atoms with Gasteiger partial charge in [-0.15, -0.1) is 0 Å². The quantitative estimate of drug-likeness (QED) is 0.149. The summed E-state index contributed by atoms with van der Waals surface area (Å²) in [7, 11) is 0. The Kier molecular flexibility index (Phi) is 9.50. The zero-order chi connectivity index (χ0) is 45.0. The summed E-state index contributed by atoms with van der Waals surface area (Å²) in [5.41, 5.74) is 19.8. The highest BCUT2D eigenvalue weighted by Gasteiger charge is 2.20. The minimum Gasteiger partial charge on any atom is -0.309 e. The van der Waals surface area contributed by atoms with E-state index in [1.54, 1.807) is 0 Å². The van der Waals surface area contributed by atoms with Crippen LogP contribution in [0.2, 0.25) is 0 Å². The van der Waals surface area contributed by atoms with Crippen LogP contribution in [0.5, 0.6) is 0 Å². The van der Waals surface area contributed by atoms with E-state index in [0.29, 0.717) is 0 Å². The van der Waals surface area contributed by atoms with Gasteiger partial charge in [0.15, 0.2) is 0 Å². The molecule has 0 bridgehead atoms. The second-order valence-corrected chi connectivity index (χ2v) is 17.4. The second kappa shape index (κ2) is 16.4. The SMILES string of the molecule is c1ccc(-c2cccc(-n3c4ccccc4c4cc(-c5ccccc5-c5ccccc5-c5ccccc5-c5ccccc5-c5ccc6c(c5)c5ccccc5n6-c5ccccc5)ccc43)n2)cc1. The Labute approximate surface area is 395 Å². The van der Waals surface area contributed by atoms with E-state index >= 15 is 0 Å². The van der Waals surface area contributed by atoms with E-state index < -0.39 is 0 Å². The van der Waals surface area contributed by atoms with Crippen LogP contribution in [-0.2, 0) is 0 Å². The topological polar surface area (TPSA) is 22.8 Å². The van der Waals surface area contributed by atoms with E-state index in [4.69, 9.17) is 4.98 Å². The molecule has 0 spiro atoms. The molecule has 0 amide bonds. The number of pyridine rings is 1. The molecule has 10 aromatic carbocycles. The van der Waals surface area contributed by atoms with Crippen LogP contribution in [0.25, 0.3) is 122 Å². The molecule has 3 aromatic heterocycles. The van der Waals surface area contributed by atoms with Crippen LogP contribution >= 0.6 is 0 Å². The monoisotopic (exact) mass is 865 g/mol. The van der Waals surface area contributed by atoms with Gasteiger partial charge in [-0.05, 0) is 116 Å². The Morgan fingerprint density at radius 2 is 0.618 bits per heavy atom. The summed E-state index contributed by atoms with van der Waals surface area (Å²) in [5.74, 6) is 0.899. The Hall–Kier alpha value is -9.05. The molecule has 0 saturated carbocycles. The first-order valence-corrected chi connectivity index (χ1v) is 23.3. The molecular weight excluding hydrogens is 823 g/mol. The molecule has 0 aliphatic carbocycles. The fourth-order valence-corrected chi connectivity index (χ4v) is 10.5. The number of nitrogens with zero attached hydrogens (tertiary/aromatic N) is 3. The van der Waals surface area contributed by atoms with Crippen molar-refractivity contribution < 1.29 is 0 Å². The van der Waals surface area contributed by atoms with Gasteiger partial charge in [-0.2, -0.15) is 0 Å². The van der Waals surface area contributed by atoms with Gasteiger partial charge < -0.3 is 4.57 Å². The van der Waals surface area contributed by atoms with Crippen molar-refractivity contribution in [2.75, 3.05) is 0 Å². The first-order valence-electron chi connectivity index (χ1n) is 23.3. The molecule has 3 nitrogen and oxygen atoms in total. The molecule has 68 heavy (non-hydrogen) atoms. The largest absolute Gasteiger partial charge is 0.309 e. The fraction of sp³-hybridized carbons (Fsp3) is 0. The lowest BCUT2D eigenvalue weighted by Crippen LogP contribution is -1.98. The lowest BCUT2D eigenvalue weighted by Gasteiger charge is -2.19. The first kappa shape index (κ1) is 39.3.